The number of nitrogens with one attached hydrogen (secondary N) is 1. The molecule has 86 valence electrons. The quantitative estimate of drug-likeness (QED) is 0.552. The van der Waals surface area contributed by atoms with Crippen LogP contribution in [0.25, 0.3) is 0 Å². The maximum Gasteiger partial charge on any atom is 0.328 e. The normalized spacial score (nSPS) is 19.3. The molecular weight excluding hydrogens is 194 g/mol. The van der Waals surface area contributed by atoms with Gasteiger partial charge < -0.3 is 10.1 Å². The monoisotopic (exact) mass is 213 g/mol. The van der Waals surface area contributed by atoms with E-state index in [1.54, 1.807) is 0 Å². The smallest absolute Gasteiger partial charge is 0.328 e. The van der Waals surface area contributed by atoms with Crippen molar-refractivity contribution in [2.24, 2.45) is 5.92 Å². The van der Waals surface area contributed by atoms with E-state index in [-0.39, 0.29) is 5.97 Å². The SMILES string of the molecule is COC(=O)[C@H](CC1CCCCC1)NC=O. The third-order valence-electron chi connectivity index (χ3n) is 3.05. The van der Waals surface area contributed by atoms with E-state index in [1.807, 2.05) is 0 Å². The van der Waals surface area contributed by atoms with Crippen molar-refractivity contribution in [3.05, 3.63) is 0 Å². The molecule has 1 atom stereocenters. The second kappa shape index (κ2) is 6.43. The largest absolute Gasteiger partial charge is 0.467 e. The molecule has 0 saturated heterocycles. The van der Waals surface area contributed by atoms with E-state index >= 15 is 0 Å². The lowest BCUT2D eigenvalue weighted by Gasteiger charge is -2.24. The van der Waals surface area contributed by atoms with Crippen molar-refractivity contribution in [1.82, 2.24) is 5.32 Å². The lowest BCUT2D eigenvalue weighted by Crippen LogP contribution is -2.38. The molecule has 1 N–H and O–H groups in total. The van der Waals surface area contributed by atoms with Crippen LogP contribution < -0.4 is 5.32 Å². The van der Waals surface area contributed by atoms with Crippen LogP contribution in [0.15, 0.2) is 0 Å². The van der Waals surface area contributed by atoms with Crippen molar-refractivity contribution in [3.63, 3.8) is 0 Å². The minimum atomic E-state index is -0.462. The number of amides is 1. The Labute approximate surface area is 90.4 Å². The van der Waals surface area contributed by atoms with Crippen LogP contribution in [0, 0.1) is 5.92 Å². The van der Waals surface area contributed by atoms with Gasteiger partial charge in [0.15, 0.2) is 0 Å². The molecule has 0 radical (unpaired) electrons. The van der Waals surface area contributed by atoms with Crippen molar-refractivity contribution in [3.8, 4) is 0 Å². The van der Waals surface area contributed by atoms with Gasteiger partial charge in [-0.2, -0.15) is 0 Å². The second-order valence-electron chi connectivity index (χ2n) is 4.10. The fraction of sp³-hybridized carbons (Fsp3) is 0.818. The van der Waals surface area contributed by atoms with Gasteiger partial charge in [-0.25, -0.2) is 4.79 Å². The Morgan fingerprint density at radius 1 is 1.47 bits per heavy atom. The maximum atomic E-state index is 11.3. The van der Waals surface area contributed by atoms with Gasteiger partial charge in [0, 0.05) is 0 Å². The van der Waals surface area contributed by atoms with Crippen molar-refractivity contribution in [2.75, 3.05) is 7.11 Å². The summed E-state index contributed by atoms with van der Waals surface area (Å²) in [6.07, 6.45) is 7.37. The van der Waals surface area contributed by atoms with Gasteiger partial charge in [-0.1, -0.05) is 32.1 Å². The molecule has 0 aromatic rings. The van der Waals surface area contributed by atoms with E-state index in [0.717, 1.165) is 12.8 Å². The van der Waals surface area contributed by atoms with Gasteiger partial charge in [0.1, 0.15) is 6.04 Å². The van der Waals surface area contributed by atoms with Crippen molar-refractivity contribution in [2.45, 2.75) is 44.6 Å². The Hall–Kier alpha value is -1.06. The number of carbonyl (C=O) groups excluding carboxylic acids is 2. The summed E-state index contributed by atoms with van der Waals surface area (Å²) in [5, 5.41) is 2.53. The summed E-state index contributed by atoms with van der Waals surface area (Å²) in [4.78, 5) is 21.7. The molecule has 4 heteroatoms. The standard InChI is InChI=1S/C11H19NO3/c1-15-11(14)10(12-8-13)7-9-5-3-2-4-6-9/h8-10H,2-7H2,1H3,(H,12,13)/t10-/m0/s1. The summed E-state index contributed by atoms with van der Waals surface area (Å²) in [5.74, 6) is 0.211. The van der Waals surface area contributed by atoms with Gasteiger partial charge in [-0.15, -0.1) is 0 Å². The summed E-state index contributed by atoms with van der Waals surface area (Å²) < 4.78 is 4.65. The van der Waals surface area contributed by atoms with E-state index in [0.29, 0.717) is 18.7 Å². The van der Waals surface area contributed by atoms with E-state index in [2.05, 4.69) is 10.1 Å². The summed E-state index contributed by atoms with van der Waals surface area (Å²) in [6.45, 7) is 0. The van der Waals surface area contributed by atoms with E-state index < -0.39 is 6.04 Å². The molecule has 0 aliphatic heterocycles. The predicted octanol–water partition coefficient (Wildman–Crippen LogP) is 1.24. The summed E-state index contributed by atoms with van der Waals surface area (Å²) in [5.41, 5.74) is 0. The van der Waals surface area contributed by atoms with Crippen molar-refractivity contribution < 1.29 is 14.3 Å². The number of methoxy groups -OCH3 is 1. The van der Waals surface area contributed by atoms with Crippen LogP contribution in [-0.4, -0.2) is 25.5 Å². The summed E-state index contributed by atoms with van der Waals surface area (Å²) in [6, 6.07) is -0.462. The number of rotatable bonds is 5. The maximum absolute atomic E-state index is 11.3. The predicted molar refractivity (Wildman–Crippen MR) is 56.2 cm³/mol. The number of ether oxygens (including phenoxy) is 1. The molecule has 0 unspecified atom stereocenters. The van der Waals surface area contributed by atoms with Crippen LogP contribution in [0.4, 0.5) is 0 Å². The fourth-order valence-corrected chi connectivity index (χ4v) is 2.21. The van der Waals surface area contributed by atoms with Gasteiger partial charge in [0.25, 0.3) is 0 Å². The van der Waals surface area contributed by atoms with Crippen LogP contribution in [0.2, 0.25) is 0 Å². The van der Waals surface area contributed by atoms with Gasteiger partial charge in [0.2, 0.25) is 6.41 Å². The number of carbonyl (C=O) groups is 2. The topological polar surface area (TPSA) is 55.4 Å². The average molecular weight is 213 g/mol. The molecule has 0 heterocycles. The third-order valence-corrected chi connectivity index (χ3v) is 3.05. The van der Waals surface area contributed by atoms with Crippen LogP contribution >= 0.6 is 0 Å². The van der Waals surface area contributed by atoms with E-state index in [9.17, 15) is 9.59 Å². The zero-order valence-electron chi connectivity index (χ0n) is 9.20. The van der Waals surface area contributed by atoms with Gasteiger partial charge >= 0.3 is 5.97 Å². The zero-order valence-corrected chi connectivity index (χ0v) is 9.20. The zero-order chi connectivity index (χ0) is 11.1. The molecular formula is C11H19NO3. The third kappa shape index (κ3) is 3.90. The molecule has 0 bridgehead atoms. The molecule has 15 heavy (non-hydrogen) atoms. The molecule has 0 aromatic carbocycles. The highest BCUT2D eigenvalue weighted by Crippen LogP contribution is 2.27. The summed E-state index contributed by atoms with van der Waals surface area (Å²) >= 11 is 0. The fourth-order valence-electron chi connectivity index (χ4n) is 2.21. The molecule has 1 saturated carbocycles. The minimum absolute atomic E-state index is 0.340. The minimum Gasteiger partial charge on any atom is -0.467 e. The Balaban J connectivity index is 2.41. The Morgan fingerprint density at radius 3 is 2.67 bits per heavy atom. The van der Waals surface area contributed by atoms with E-state index in [4.69, 9.17) is 0 Å². The molecule has 1 fully saturated rings. The lowest BCUT2D eigenvalue weighted by atomic mass is 9.85. The van der Waals surface area contributed by atoms with Crippen LogP contribution in [0.3, 0.4) is 0 Å². The lowest BCUT2D eigenvalue weighted by molar-refractivity contribution is -0.144. The molecule has 1 rings (SSSR count). The number of hydrogen-bond donors (Lipinski definition) is 1. The molecule has 0 spiro atoms. The van der Waals surface area contributed by atoms with Crippen LogP contribution in [-0.2, 0) is 14.3 Å². The molecule has 4 nitrogen and oxygen atoms in total. The van der Waals surface area contributed by atoms with Gasteiger partial charge in [-0.05, 0) is 12.3 Å². The highest BCUT2D eigenvalue weighted by Gasteiger charge is 2.24. The molecule has 1 amide bonds. The summed E-state index contributed by atoms with van der Waals surface area (Å²) in [7, 11) is 1.35. The first kappa shape index (κ1) is 12.0. The molecule has 1 aliphatic rings. The number of esters is 1. The highest BCUT2D eigenvalue weighted by atomic mass is 16.5. The first-order valence-corrected chi connectivity index (χ1v) is 5.55. The van der Waals surface area contributed by atoms with Crippen molar-refractivity contribution in [1.29, 1.82) is 0 Å². The van der Waals surface area contributed by atoms with E-state index in [1.165, 1.54) is 26.4 Å². The molecule has 0 aromatic heterocycles. The highest BCUT2D eigenvalue weighted by molar-refractivity contribution is 5.78. The van der Waals surface area contributed by atoms with Crippen LogP contribution in [0.1, 0.15) is 38.5 Å². The average Bonchev–Trinajstić information content (AvgIpc) is 2.29. The first-order chi connectivity index (χ1) is 7.27. The van der Waals surface area contributed by atoms with Gasteiger partial charge in [-0.3, -0.25) is 4.79 Å². The van der Waals surface area contributed by atoms with Gasteiger partial charge in [0.05, 0.1) is 7.11 Å². The Bertz CT molecular complexity index is 212. The Kier molecular flexibility index (Phi) is 5.15. The Morgan fingerprint density at radius 2 is 2.13 bits per heavy atom. The van der Waals surface area contributed by atoms with Crippen LogP contribution in [0.5, 0.6) is 0 Å². The first-order valence-electron chi connectivity index (χ1n) is 5.55. The number of hydrogen-bond acceptors (Lipinski definition) is 3. The second-order valence-corrected chi connectivity index (χ2v) is 4.10. The molecule has 1 aliphatic carbocycles. The van der Waals surface area contributed by atoms with Crippen molar-refractivity contribution >= 4 is 12.4 Å².